The van der Waals surface area contributed by atoms with Crippen LogP contribution in [0.1, 0.15) is 10.4 Å². The molecule has 2 fully saturated rings. The molecule has 1 aromatic carbocycles. The zero-order valence-electron chi connectivity index (χ0n) is 16.1. The van der Waals surface area contributed by atoms with Crippen LogP contribution in [0, 0.1) is 0 Å². The van der Waals surface area contributed by atoms with Gasteiger partial charge in [-0.1, -0.05) is 0 Å². The van der Waals surface area contributed by atoms with Gasteiger partial charge < -0.3 is 19.4 Å². The van der Waals surface area contributed by atoms with Crippen molar-refractivity contribution in [1.29, 1.82) is 0 Å². The summed E-state index contributed by atoms with van der Waals surface area (Å²) in [5, 5.41) is 8.80. The standard InChI is InChI=1S/C20H25N5O2S/c1-28-17-4-2-16(3-5-17)20(26)25-10-8-23(9-11-25)18-6-7-19(22-21-18)24-12-14-27-15-13-24/h2-7H,8-15H2,1H3. The van der Waals surface area contributed by atoms with Crippen LogP contribution in [0.25, 0.3) is 0 Å². The number of piperazine rings is 1. The van der Waals surface area contributed by atoms with Gasteiger partial charge in [-0.3, -0.25) is 4.79 Å². The predicted molar refractivity (Wildman–Crippen MR) is 111 cm³/mol. The number of anilines is 2. The number of hydrogen-bond acceptors (Lipinski definition) is 7. The van der Waals surface area contributed by atoms with Gasteiger partial charge >= 0.3 is 0 Å². The molecule has 2 aromatic rings. The van der Waals surface area contributed by atoms with Gasteiger partial charge in [-0.05, 0) is 42.7 Å². The lowest BCUT2D eigenvalue weighted by molar-refractivity contribution is 0.0746. The van der Waals surface area contributed by atoms with Gasteiger partial charge in [0, 0.05) is 49.7 Å². The van der Waals surface area contributed by atoms with E-state index in [4.69, 9.17) is 4.74 Å². The Bertz CT molecular complexity index is 785. The van der Waals surface area contributed by atoms with Gasteiger partial charge in [-0.25, -0.2) is 0 Å². The van der Waals surface area contributed by atoms with Gasteiger partial charge in [-0.2, -0.15) is 0 Å². The highest BCUT2D eigenvalue weighted by molar-refractivity contribution is 7.98. The molecule has 3 heterocycles. The summed E-state index contributed by atoms with van der Waals surface area (Å²) in [4.78, 5) is 20.2. The monoisotopic (exact) mass is 399 g/mol. The average Bonchev–Trinajstić information content (AvgIpc) is 2.79. The smallest absolute Gasteiger partial charge is 0.253 e. The first-order valence-corrected chi connectivity index (χ1v) is 10.8. The fourth-order valence-electron chi connectivity index (χ4n) is 3.50. The molecule has 148 valence electrons. The first-order chi connectivity index (χ1) is 13.7. The minimum Gasteiger partial charge on any atom is -0.378 e. The SMILES string of the molecule is CSc1ccc(C(=O)N2CCN(c3ccc(N4CCOCC4)nn3)CC2)cc1. The maximum absolute atomic E-state index is 12.7. The van der Waals surface area contributed by atoms with Gasteiger partial charge in [0.15, 0.2) is 11.6 Å². The third-order valence-electron chi connectivity index (χ3n) is 5.20. The summed E-state index contributed by atoms with van der Waals surface area (Å²) >= 11 is 1.68. The van der Waals surface area contributed by atoms with E-state index in [9.17, 15) is 4.79 Å². The van der Waals surface area contributed by atoms with E-state index in [1.165, 1.54) is 4.90 Å². The van der Waals surface area contributed by atoms with E-state index in [0.717, 1.165) is 56.6 Å². The Balaban J connectivity index is 1.33. The Hall–Kier alpha value is -2.32. The summed E-state index contributed by atoms with van der Waals surface area (Å²) in [5.74, 6) is 1.86. The molecule has 0 bridgehead atoms. The molecule has 0 saturated carbocycles. The molecule has 1 aromatic heterocycles. The lowest BCUT2D eigenvalue weighted by Crippen LogP contribution is -2.49. The third kappa shape index (κ3) is 4.23. The zero-order chi connectivity index (χ0) is 19.3. The quantitative estimate of drug-likeness (QED) is 0.729. The van der Waals surface area contributed by atoms with Crippen molar-refractivity contribution in [2.24, 2.45) is 0 Å². The largest absolute Gasteiger partial charge is 0.378 e. The van der Waals surface area contributed by atoms with E-state index < -0.39 is 0 Å². The molecule has 0 N–H and O–H groups in total. The first-order valence-electron chi connectivity index (χ1n) is 9.59. The molecule has 28 heavy (non-hydrogen) atoms. The van der Waals surface area contributed by atoms with E-state index in [-0.39, 0.29) is 5.91 Å². The maximum atomic E-state index is 12.7. The molecule has 4 rings (SSSR count). The van der Waals surface area contributed by atoms with Gasteiger partial charge in [0.1, 0.15) is 0 Å². The Labute approximate surface area is 169 Å². The van der Waals surface area contributed by atoms with Gasteiger partial charge in [0.2, 0.25) is 0 Å². The van der Waals surface area contributed by atoms with Gasteiger partial charge in [0.25, 0.3) is 5.91 Å². The maximum Gasteiger partial charge on any atom is 0.253 e. The summed E-state index contributed by atoms with van der Waals surface area (Å²) in [6, 6.07) is 11.9. The van der Waals surface area contributed by atoms with Crippen molar-refractivity contribution in [2.45, 2.75) is 4.90 Å². The minimum atomic E-state index is 0.0982. The van der Waals surface area contributed by atoms with Crippen LogP contribution in [-0.2, 0) is 4.74 Å². The molecule has 0 unspecified atom stereocenters. The third-order valence-corrected chi connectivity index (χ3v) is 5.94. The fraction of sp³-hybridized carbons (Fsp3) is 0.450. The van der Waals surface area contributed by atoms with E-state index in [1.54, 1.807) is 11.8 Å². The Morgan fingerprint density at radius 2 is 1.43 bits per heavy atom. The number of ether oxygens (including phenoxy) is 1. The van der Waals surface area contributed by atoms with Crippen LogP contribution in [0.15, 0.2) is 41.3 Å². The normalized spacial score (nSPS) is 17.7. The number of carbonyl (C=O) groups excluding carboxylic acids is 1. The summed E-state index contributed by atoms with van der Waals surface area (Å²) in [5.41, 5.74) is 0.751. The molecule has 7 nitrogen and oxygen atoms in total. The number of morpholine rings is 1. The van der Waals surface area contributed by atoms with E-state index in [1.807, 2.05) is 47.6 Å². The molecular formula is C20H25N5O2S. The van der Waals surface area contributed by atoms with Crippen LogP contribution in [0.3, 0.4) is 0 Å². The molecular weight excluding hydrogens is 374 g/mol. The molecule has 0 radical (unpaired) electrons. The van der Waals surface area contributed by atoms with Crippen molar-refractivity contribution in [2.75, 3.05) is 68.5 Å². The van der Waals surface area contributed by atoms with Gasteiger partial charge in [0.05, 0.1) is 13.2 Å². The van der Waals surface area contributed by atoms with Crippen molar-refractivity contribution in [1.82, 2.24) is 15.1 Å². The van der Waals surface area contributed by atoms with Crippen molar-refractivity contribution < 1.29 is 9.53 Å². The van der Waals surface area contributed by atoms with Gasteiger partial charge in [-0.15, -0.1) is 22.0 Å². The van der Waals surface area contributed by atoms with Crippen LogP contribution in [0.5, 0.6) is 0 Å². The van der Waals surface area contributed by atoms with Crippen molar-refractivity contribution in [3.05, 3.63) is 42.0 Å². The highest BCUT2D eigenvalue weighted by Gasteiger charge is 2.23. The van der Waals surface area contributed by atoms with E-state index >= 15 is 0 Å². The van der Waals surface area contributed by atoms with E-state index in [0.29, 0.717) is 13.1 Å². The van der Waals surface area contributed by atoms with Crippen LogP contribution < -0.4 is 9.80 Å². The molecule has 2 aliphatic rings. The minimum absolute atomic E-state index is 0.0982. The molecule has 8 heteroatoms. The average molecular weight is 400 g/mol. The van der Waals surface area contributed by atoms with Crippen LogP contribution in [-0.4, -0.2) is 79.7 Å². The molecule has 2 aliphatic heterocycles. The second-order valence-corrected chi connectivity index (χ2v) is 7.74. The lowest BCUT2D eigenvalue weighted by Gasteiger charge is -2.35. The number of carbonyl (C=O) groups is 1. The Morgan fingerprint density at radius 3 is 1.96 bits per heavy atom. The first kappa shape index (κ1) is 19.0. The number of thioether (sulfide) groups is 1. The zero-order valence-corrected chi connectivity index (χ0v) is 16.9. The highest BCUT2D eigenvalue weighted by atomic mass is 32.2. The number of nitrogens with zero attached hydrogens (tertiary/aromatic N) is 5. The van der Waals surface area contributed by atoms with Crippen molar-refractivity contribution >= 4 is 29.3 Å². The number of hydrogen-bond donors (Lipinski definition) is 0. The van der Waals surface area contributed by atoms with E-state index in [2.05, 4.69) is 20.0 Å². The molecule has 0 atom stereocenters. The van der Waals surface area contributed by atoms with Crippen LogP contribution in [0.2, 0.25) is 0 Å². The second-order valence-electron chi connectivity index (χ2n) is 6.86. The highest BCUT2D eigenvalue weighted by Crippen LogP contribution is 2.19. The summed E-state index contributed by atoms with van der Waals surface area (Å²) in [6.07, 6.45) is 2.03. The summed E-state index contributed by atoms with van der Waals surface area (Å²) in [6.45, 7) is 6.09. The van der Waals surface area contributed by atoms with Crippen molar-refractivity contribution in [3.8, 4) is 0 Å². The van der Waals surface area contributed by atoms with Crippen LogP contribution >= 0.6 is 11.8 Å². The molecule has 0 aliphatic carbocycles. The van der Waals surface area contributed by atoms with Crippen molar-refractivity contribution in [3.63, 3.8) is 0 Å². The summed E-state index contributed by atoms with van der Waals surface area (Å²) < 4.78 is 5.38. The molecule has 1 amide bonds. The molecule has 2 saturated heterocycles. The topological polar surface area (TPSA) is 61.8 Å². The Kier molecular flexibility index (Phi) is 5.97. The fourth-order valence-corrected chi connectivity index (χ4v) is 3.91. The Morgan fingerprint density at radius 1 is 0.857 bits per heavy atom. The number of rotatable bonds is 4. The second kappa shape index (κ2) is 8.79. The predicted octanol–water partition coefficient (Wildman–Crippen LogP) is 2.00. The number of benzene rings is 1. The number of aromatic nitrogens is 2. The lowest BCUT2D eigenvalue weighted by atomic mass is 10.2. The summed E-state index contributed by atoms with van der Waals surface area (Å²) in [7, 11) is 0. The molecule has 0 spiro atoms. The number of amides is 1. The van der Waals surface area contributed by atoms with Crippen LogP contribution in [0.4, 0.5) is 11.6 Å².